The van der Waals surface area contributed by atoms with Crippen LogP contribution in [-0.4, -0.2) is 65.4 Å². The van der Waals surface area contributed by atoms with Crippen LogP contribution >= 0.6 is 0 Å². The maximum atomic E-state index is 10.5. The zero-order valence-electron chi connectivity index (χ0n) is 14.7. The lowest BCUT2D eigenvalue weighted by Gasteiger charge is -2.23. The predicted octanol–water partition coefficient (Wildman–Crippen LogP) is 0.361. The summed E-state index contributed by atoms with van der Waals surface area (Å²) in [6, 6.07) is 0. The fraction of sp³-hybridized carbons (Fsp3) is 0.786. The first-order valence-electron chi connectivity index (χ1n) is 7.52. The average molecular weight is 344 g/mol. The first-order valence-corrected chi connectivity index (χ1v) is 7.52. The molecule has 0 spiro atoms. The molecule has 0 saturated heterocycles. The van der Waals surface area contributed by atoms with Gasteiger partial charge in [-0.25, -0.2) is 0 Å². The Morgan fingerprint density at radius 1 is 1.25 bits per heavy atom. The number of rotatable bonds is 11. The van der Waals surface area contributed by atoms with Gasteiger partial charge in [-0.15, -0.1) is 0 Å². The molecule has 0 amide bonds. The standard InChI is InChI=1S/C14H28N6O4/c1-13(2,11(15)18-6-5-10(22)23)19-20-14(3,4)12(16)24-8-7-17-9-21/h16-17,21H,5-9H2,1-4H3,(H2,15,18)(H,22,23). The molecule has 0 saturated carbocycles. The molecule has 10 nitrogen and oxygen atoms in total. The van der Waals surface area contributed by atoms with Crippen molar-refractivity contribution in [3.63, 3.8) is 0 Å². The lowest BCUT2D eigenvalue weighted by Crippen LogP contribution is -2.38. The van der Waals surface area contributed by atoms with Gasteiger partial charge < -0.3 is 20.7 Å². The van der Waals surface area contributed by atoms with Crippen LogP contribution in [0.25, 0.3) is 0 Å². The number of ether oxygens (including phenoxy) is 1. The quantitative estimate of drug-likeness (QED) is 0.119. The molecule has 0 fully saturated rings. The van der Waals surface area contributed by atoms with Crippen LogP contribution in [0.15, 0.2) is 15.2 Å². The SMILES string of the molecule is CC(C)(N=NC(C)(C)C(N)=NCCC(=O)O)C(=N)OCCNCO. The fourth-order valence-electron chi connectivity index (χ4n) is 1.29. The van der Waals surface area contributed by atoms with Crippen LogP contribution in [0, 0.1) is 5.41 Å². The van der Waals surface area contributed by atoms with Gasteiger partial charge in [-0.3, -0.25) is 20.5 Å². The summed E-state index contributed by atoms with van der Waals surface area (Å²) in [7, 11) is 0. The minimum Gasteiger partial charge on any atom is -0.481 e. The van der Waals surface area contributed by atoms with Crippen LogP contribution in [-0.2, 0) is 9.53 Å². The minimum atomic E-state index is -0.988. The van der Waals surface area contributed by atoms with Gasteiger partial charge in [0.2, 0.25) is 5.90 Å². The molecule has 10 heteroatoms. The third-order valence-corrected chi connectivity index (χ3v) is 2.98. The lowest BCUT2D eigenvalue weighted by atomic mass is 10.1. The van der Waals surface area contributed by atoms with Crippen LogP contribution < -0.4 is 11.1 Å². The van der Waals surface area contributed by atoms with Crippen molar-refractivity contribution in [3.05, 3.63) is 0 Å². The van der Waals surface area contributed by atoms with E-state index in [1.165, 1.54) is 0 Å². The molecule has 0 atom stereocenters. The van der Waals surface area contributed by atoms with Gasteiger partial charge in [-0.05, 0) is 27.7 Å². The van der Waals surface area contributed by atoms with E-state index in [0.29, 0.717) is 6.54 Å². The molecule has 0 unspecified atom stereocenters. The van der Waals surface area contributed by atoms with Crippen molar-refractivity contribution in [2.24, 2.45) is 21.0 Å². The van der Waals surface area contributed by atoms with Gasteiger partial charge in [0.25, 0.3) is 0 Å². The average Bonchev–Trinajstić information content (AvgIpc) is 2.49. The molecule has 24 heavy (non-hydrogen) atoms. The van der Waals surface area contributed by atoms with Crippen molar-refractivity contribution < 1.29 is 19.7 Å². The number of nitrogens with two attached hydrogens (primary N) is 1. The van der Waals surface area contributed by atoms with Crippen LogP contribution in [0.1, 0.15) is 34.1 Å². The van der Waals surface area contributed by atoms with Gasteiger partial charge in [0, 0.05) is 6.54 Å². The Morgan fingerprint density at radius 2 is 1.83 bits per heavy atom. The summed E-state index contributed by atoms with van der Waals surface area (Å²) in [6.45, 7) is 7.28. The van der Waals surface area contributed by atoms with Crippen LogP contribution in [0.4, 0.5) is 0 Å². The number of carbonyl (C=O) groups is 1. The summed E-state index contributed by atoms with van der Waals surface area (Å²) in [5.41, 5.74) is 3.93. The second-order valence-corrected chi connectivity index (χ2v) is 6.06. The van der Waals surface area contributed by atoms with Crippen molar-refractivity contribution in [2.75, 3.05) is 26.4 Å². The zero-order valence-corrected chi connectivity index (χ0v) is 14.7. The molecular formula is C14H28N6O4. The van der Waals surface area contributed by atoms with Gasteiger partial charge in [-0.2, -0.15) is 10.2 Å². The maximum absolute atomic E-state index is 10.5. The molecule has 0 aromatic heterocycles. The lowest BCUT2D eigenvalue weighted by molar-refractivity contribution is -0.136. The number of aliphatic carboxylic acids is 1. The number of hydrogen-bond donors (Lipinski definition) is 5. The molecule has 0 rings (SSSR count). The molecule has 0 bridgehead atoms. The number of carboxylic acids is 1. The van der Waals surface area contributed by atoms with Gasteiger partial charge in [0.05, 0.1) is 19.7 Å². The molecule has 0 aliphatic heterocycles. The first kappa shape index (κ1) is 21.9. The summed E-state index contributed by atoms with van der Waals surface area (Å²) in [5.74, 6) is -0.848. The molecule has 0 aliphatic rings. The number of nitrogens with one attached hydrogen (secondary N) is 2. The highest BCUT2D eigenvalue weighted by Crippen LogP contribution is 2.18. The predicted molar refractivity (Wildman–Crippen MR) is 90.5 cm³/mol. The maximum Gasteiger partial charge on any atom is 0.305 e. The Kier molecular flexibility index (Phi) is 9.08. The van der Waals surface area contributed by atoms with E-state index in [0.717, 1.165) is 0 Å². The molecule has 0 aromatic carbocycles. The molecule has 0 aromatic rings. The zero-order chi connectivity index (χ0) is 18.8. The highest BCUT2D eigenvalue weighted by Gasteiger charge is 2.29. The van der Waals surface area contributed by atoms with E-state index in [1.54, 1.807) is 27.7 Å². The van der Waals surface area contributed by atoms with E-state index in [-0.39, 0.29) is 38.0 Å². The van der Waals surface area contributed by atoms with Gasteiger partial charge in [0.15, 0.2) is 5.54 Å². The number of hydrogen-bond acceptors (Lipinski definition) is 8. The van der Waals surface area contributed by atoms with E-state index in [1.807, 2.05) is 0 Å². The summed E-state index contributed by atoms with van der Waals surface area (Å²) in [5, 5.41) is 36.0. The first-order chi connectivity index (χ1) is 11.0. The van der Waals surface area contributed by atoms with E-state index in [9.17, 15) is 4.79 Å². The van der Waals surface area contributed by atoms with Crippen molar-refractivity contribution in [3.8, 4) is 0 Å². The van der Waals surface area contributed by atoms with Crippen LogP contribution in [0.5, 0.6) is 0 Å². The molecule has 0 radical (unpaired) electrons. The molecule has 6 N–H and O–H groups in total. The Hall–Kier alpha value is -2.07. The smallest absolute Gasteiger partial charge is 0.305 e. The molecular weight excluding hydrogens is 316 g/mol. The van der Waals surface area contributed by atoms with E-state index in [2.05, 4.69) is 20.5 Å². The number of azo groups is 1. The second kappa shape index (κ2) is 9.93. The van der Waals surface area contributed by atoms with E-state index in [4.69, 9.17) is 26.1 Å². The Balaban J connectivity index is 4.74. The summed E-state index contributed by atoms with van der Waals surface area (Å²) in [6.07, 6.45) is -0.111. The van der Waals surface area contributed by atoms with Gasteiger partial charge in [-0.1, -0.05) is 0 Å². The highest BCUT2D eigenvalue weighted by molar-refractivity contribution is 5.89. The van der Waals surface area contributed by atoms with Crippen molar-refractivity contribution >= 4 is 17.7 Å². The number of aliphatic hydroxyl groups excluding tert-OH is 1. The normalized spacial score (nSPS) is 13.3. The number of carboxylic acid groups (broad SMARTS) is 1. The fourth-order valence-corrected chi connectivity index (χ4v) is 1.29. The third kappa shape index (κ3) is 8.53. The van der Waals surface area contributed by atoms with Crippen molar-refractivity contribution in [1.29, 1.82) is 5.41 Å². The van der Waals surface area contributed by atoms with Crippen LogP contribution in [0.3, 0.4) is 0 Å². The minimum absolute atomic E-state index is 0.0665. The molecule has 138 valence electrons. The Morgan fingerprint density at radius 3 is 2.38 bits per heavy atom. The van der Waals surface area contributed by atoms with E-state index >= 15 is 0 Å². The highest BCUT2D eigenvalue weighted by atomic mass is 16.5. The van der Waals surface area contributed by atoms with Crippen LogP contribution in [0.2, 0.25) is 0 Å². The summed E-state index contributed by atoms with van der Waals surface area (Å²) in [4.78, 5) is 14.5. The Labute approximate surface area is 141 Å². The number of nitrogens with zero attached hydrogens (tertiary/aromatic N) is 3. The van der Waals surface area contributed by atoms with Gasteiger partial charge in [0.1, 0.15) is 18.0 Å². The molecule has 0 heterocycles. The topological polar surface area (TPSA) is 166 Å². The largest absolute Gasteiger partial charge is 0.481 e. The monoisotopic (exact) mass is 344 g/mol. The van der Waals surface area contributed by atoms with Crippen molar-refractivity contribution in [1.82, 2.24) is 5.32 Å². The second-order valence-electron chi connectivity index (χ2n) is 6.06. The molecule has 0 aliphatic carbocycles. The number of amidine groups is 1. The van der Waals surface area contributed by atoms with E-state index < -0.39 is 17.0 Å². The number of aliphatic imine (C=N–C) groups is 1. The third-order valence-electron chi connectivity index (χ3n) is 2.98. The van der Waals surface area contributed by atoms with Gasteiger partial charge >= 0.3 is 5.97 Å². The Bertz CT molecular complexity index is 488. The summed E-state index contributed by atoms with van der Waals surface area (Å²) < 4.78 is 5.26. The van der Waals surface area contributed by atoms with Crippen molar-refractivity contribution in [2.45, 2.75) is 45.2 Å². The summed E-state index contributed by atoms with van der Waals surface area (Å²) >= 11 is 0. The number of aliphatic hydroxyl groups is 1.